The van der Waals surface area contributed by atoms with Gasteiger partial charge in [-0.2, -0.15) is 5.10 Å². The molecule has 3 aromatic heterocycles. The number of pyridine rings is 1. The van der Waals surface area contributed by atoms with E-state index in [9.17, 15) is 9.90 Å². The topological polar surface area (TPSA) is 88.5 Å². The minimum absolute atomic E-state index is 0.0122. The van der Waals surface area contributed by atoms with E-state index in [1.54, 1.807) is 28.9 Å². The Morgan fingerprint density at radius 1 is 1.25 bits per heavy atom. The van der Waals surface area contributed by atoms with Gasteiger partial charge in [0.15, 0.2) is 11.5 Å². The Hall–Kier alpha value is -2.74. The quantitative estimate of drug-likeness (QED) is 0.731. The van der Waals surface area contributed by atoms with E-state index in [0.29, 0.717) is 23.0 Å². The second kappa shape index (κ2) is 7.71. The van der Waals surface area contributed by atoms with Gasteiger partial charge in [-0.05, 0) is 42.9 Å². The highest BCUT2D eigenvalue weighted by Gasteiger charge is 2.25. The van der Waals surface area contributed by atoms with Gasteiger partial charge >= 0.3 is 0 Å². The van der Waals surface area contributed by atoms with Crippen molar-refractivity contribution in [3.63, 3.8) is 0 Å². The molecule has 8 heteroatoms. The number of fused-ring (bicyclic) bond motifs is 1. The van der Waals surface area contributed by atoms with Gasteiger partial charge in [-0.25, -0.2) is 0 Å². The van der Waals surface area contributed by atoms with Crippen molar-refractivity contribution in [3.05, 3.63) is 48.2 Å². The summed E-state index contributed by atoms with van der Waals surface area (Å²) in [5.41, 5.74) is 1.22. The molecule has 4 heterocycles. The van der Waals surface area contributed by atoms with E-state index in [1.165, 1.54) is 0 Å². The third-order valence-electron chi connectivity index (χ3n) is 5.48. The van der Waals surface area contributed by atoms with Crippen molar-refractivity contribution in [1.82, 2.24) is 29.3 Å². The van der Waals surface area contributed by atoms with Crippen molar-refractivity contribution >= 4 is 11.6 Å². The standard InChI is InChI=1S/C20H26N6O2/c1-14(2)18(27)19-23-22-17-5-4-16(13-26(17)19)20(28)24-10-6-15(7-11-24)12-25-9-3-8-21-25/h3-5,8-9,13-15,18,27H,6-7,10-12H2,1-2H3. The number of amides is 1. The van der Waals surface area contributed by atoms with Crippen LogP contribution in [-0.4, -0.2) is 53.4 Å². The molecule has 1 unspecified atom stereocenters. The third-order valence-corrected chi connectivity index (χ3v) is 5.48. The lowest BCUT2D eigenvalue weighted by molar-refractivity contribution is 0.0680. The van der Waals surface area contributed by atoms with Crippen molar-refractivity contribution in [2.45, 2.75) is 39.3 Å². The van der Waals surface area contributed by atoms with E-state index >= 15 is 0 Å². The summed E-state index contributed by atoms with van der Waals surface area (Å²) in [5.74, 6) is 1.04. The normalized spacial score (nSPS) is 16.8. The molecule has 1 saturated heterocycles. The first-order valence-electron chi connectivity index (χ1n) is 9.82. The number of aromatic nitrogens is 5. The van der Waals surface area contributed by atoms with E-state index in [-0.39, 0.29) is 11.8 Å². The van der Waals surface area contributed by atoms with Gasteiger partial charge in [-0.15, -0.1) is 10.2 Å². The minimum Gasteiger partial charge on any atom is -0.385 e. The highest BCUT2D eigenvalue weighted by Crippen LogP contribution is 2.23. The summed E-state index contributed by atoms with van der Waals surface area (Å²) < 4.78 is 3.69. The molecule has 0 saturated carbocycles. The van der Waals surface area contributed by atoms with Gasteiger partial charge in [0.1, 0.15) is 6.10 Å². The summed E-state index contributed by atoms with van der Waals surface area (Å²) in [6.07, 6.45) is 6.74. The van der Waals surface area contributed by atoms with Crippen molar-refractivity contribution in [2.24, 2.45) is 11.8 Å². The maximum absolute atomic E-state index is 13.0. The number of hydrogen-bond acceptors (Lipinski definition) is 5. The predicted molar refractivity (Wildman–Crippen MR) is 104 cm³/mol. The van der Waals surface area contributed by atoms with Crippen LogP contribution in [0.15, 0.2) is 36.8 Å². The van der Waals surface area contributed by atoms with Gasteiger partial charge in [-0.3, -0.25) is 13.9 Å². The molecule has 1 amide bonds. The average Bonchev–Trinajstić information content (AvgIpc) is 3.36. The molecule has 0 spiro atoms. The number of hydrogen-bond donors (Lipinski definition) is 1. The van der Waals surface area contributed by atoms with E-state index in [2.05, 4.69) is 15.3 Å². The van der Waals surface area contributed by atoms with Gasteiger partial charge in [0.2, 0.25) is 0 Å². The summed E-state index contributed by atoms with van der Waals surface area (Å²) in [6.45, 7) is 6.24. The summed E-state index contributed by atoms with van der Waals surface area (Å²) in [4.78, 5) is 14.9. The Kier molecular flexibility index (Phi) is 5.13. The molecule has 148 valence electrons. The maximum atomic E-state index is 13.0. The zero-order chi connectivity index (χ0) is 19.7. The van der Waals surface area contributed by atoms with E-state index in [1.807, 2.05) is 35.7 Å². The van der Waals surface area contributed by atoms with Crippen LogP contribution in [0.1, 0.15) is 49.0 Å². The van der Waals surface area contributed by atoms with Gasteiger partial charge in [0.05, 0.1) is 5.56 Å². The monoisotopic (exact) mass is 382 g/mol. The second-order valence-electron chi connectivity index (χ2n) is 7.86. The molecular formula is C20H26N6O2. The first-order chi connectivity index (χ1) is 13.5. The third kappa shape index (κ3) is 3.64. The molecule has 0 aromatic carbocycles. The van der Waals surface area contributed by atoms with Crippen LogP contribution in [0.2, 0.25) is 0 Å². The van der Waals surface area contributed by atoms with Crippen molar-refractivity contribution in [3.8, 4) is 0 Å². The molecule has 1 atom stereocenters. The number of rotatable bonds is 5. The number of aliphatic hydroxyl groups excluding tert-OH is 1. The number of piperidine rings is 1. The van der Waals surface area contributed by atoms with Gasteiger partial charge in [0, 0.05) is 38.2 Å². The Labute approximate surface area is 163 Å². The summed E-state index contributed by atoms with van der Waals surface area (Å²) >= 11 is 0. The zero-order valence-corrected chi connectivity index (χ0v) is 16.3. The summed E-state index contributed by atoms with van der Waals surface area (Å²) in [6, 6.07) is 5.50. The van der Waals surface area contributed by atoms with E-state index in [0.717, 1.165) is 32.5 Å². The Bertz CT molecular complexity index is 941. The molecule has 4 rings (SSSR count). The minimum atomic E-state index is -0.724. The molecule has 28 heavy (non-hydrogen) atoms. The van der Waals surface area contributed by atoms with Crippen LogP contribution >= 0.6 is 0 Å². The van der Waals surface area contributed by atoms with Gasteiger partial charge in [0.25, 0.3) is 5.91 Å². The summed E-state index contributed by atoms with van der Waals surface area (Å²) in [5, 5.41) is 22.8. The molecule has 0 bridgehead atoms. The van der Waals surface area contributed by atoms with Crippen LogP contribution in [0, 0.1) is 11.8 Å². The number of aliphatic hydroxyl groups is 1. The van der Waals surface area contributed by atoms with E-state index in [4.69, 9.17) is 0 Å². The maximum Gasteiger partial charge on any atom is 0.255 e. The van der Waals surface area contributed by atoms with Gasteiger partial charge in [-0.1, -0.05) is 13.8 Å². The lowest BCUT2D eigenvalue weighted by Crippen LogP contribution is -2.39. The molecule has 1 fully saturated rings. The lowest BCUT2D eigenvalue weighted by atomic mass is 9.96. The first-order valence-corrected chi connectivity index (χ1v) is 9.82. The molecular weight excluding hydrogens is 356 g/mol. The summed E-state index contributed by atoms with van der Waals surface area (Å²) in [7, 11) is 0. The molecule has 0 aliphatic carbocycles. The highest BCUT2D eigenvalue weighted by molar-refractivity contribution is 5.94. The first kappa shape index (κ1) is 18.6. The molecule has 3 aromatic rings. The second-order valence-corrected chi connectivity index (χ2v) is 7.86. The lowest BCUT2D eigenvalue weighted by Gasteiger charge is -2.32. The van der Waals surface area contributed by atoms with Crippen LogP contribution in [0.25, 0.3) is 5.65 Å². The largest absolute Gasteiger partial charge is 0.385 e. The van der Waals surface area contributed by atoms with Crippen LogP contribution in [0.3, 0.4) is 0 Å². The predicted octanol–water partition coefficient (Wildman–Crippen LogP) is 2.17. The Morgan fingerprint density at radius 3 is 2.71 bits per heavy atom. The van der Waals surface area contributed by atoms with Crippen molar-refractivity contribution in [1.29, 1.82) is 0 Å². The number of carbonyl (C=O) groups excluding carboxylic acids is 1. The van der Waals surface area contributed by atoms with Gasteiger partial charge < -0.3 is 10.0 Å². The highest BCUT2D eigenvalue weighted by atomic mass is 16.3. The average molecular weight is 382 g/mol. The van der Waals surface area contributed by atoms with E-state index < -0.39 is 6.10 Å². The van der Waals surface area contributed by atoms with Crippen LogP contribution in [0.5, 0.6) is 0 Å². The Morgan fingerprint density at radius 2 is 2.04 bits per heavy atom. The molecule has 8 nitrogen and oxygen atoms in total. The smallest absolute Gasteiger partial charge is 0.255 e. The number of nitrogens with zero attached hydrogens (tertiary/aromatic N) is 6. The molecule has 1 N–H and O–H groups in total. The van der Waals surface area contributed by atoms with Crippen molar-refractivity contribution in [2.75, 3.05) is 13.1 Å². The fourth-order valence-corrected chi connectivity index (χ4v) is 3.71. The molecule has 1 aliphatic rings. The number of likely N-dealkylation sites (tertiary alicyclic amines) is 1. The number of carbonyl (C=O) groups is 1. The van der Waals surface area contributed by atoms with Crippen LogP contribution in [0.4, 0.5) is 0 Å². The van der Waals surface area contributed by atoms with Crippen LogP contribution < -0.4 is 0 Å². The fourth-order valence-electron chi connectivity index (χ4n) is 3.71. The molecule has 1 aliphatic heterocycles. The molecule has 0 radical (unpaired) electrons. The Balaban J connectivity index is 1.46. The fraction of sp³-hybridized carbons (Fsp3) is 0.500. The zero-order valence-electron chi connectivity index (χ0n) is 16.3. The SMILES string of the molecule is CC(C)C(O)c1nnc2ccc(C(=O)N3CCC(Cn4cccn4)CC3)cn12. The van der Waals surface area contributed by atoms with Crippen molar-refractivity contribution < 1.29 is 9.90 Å². The van der Waals surface area contributed by atoms with Crippen LogP contribution in [-0.2, 0) is 6.54 Å².